The summed E-state index contributed by atoms with van der Waals surface area (Å²) in [4.78, 5) is 24.8. The van der Waals surface area contributed by atoms with Gasteiger partial charge in [0.1, 0.15) is 0 Å². The fourth-order valence-electron chi connectivity index (χ4n) is 2.34. The van der Waals surface area contributed by atoms with Crippen LogP contribution < -0.4 is 0 Å². The Kier molecular flexibility index (Phi) is 5.98. The number of likely N-dealkylation sites (tertiary alicyclic amines) is 1. The van der Waals surface area contributed by atoms with E-state index in [0.717, 1.165) is 5.56 Å². The van der Waals surface area contributed by atoms with Gasteiger partial charge in [-0.05, 0) is 12.0 Å². The number of ether oxygens (including phenoxy) is 1. The van der Waals surface area contributed by atoms with Crippen molar-refractivity contribution < 1.29 is 19.4 Å². The third-order valence-electron chi connectivity index (χ3n) is 3.41. The van der Waals surface area contributed by atoms with Gasteiger partial charge in [0.15, 0.2) is 6.10 Å². The third-order valence-corrected chi connectivity index (χ3v) is 3.41. The zero-order valence-electron chi connectivity index (χ0n) is 11.2. The Balaban J connectivity index is 0.00000200. The Labute approximate surface area is 123 Å². The van der Waals surface area contributed by atoms with Crippen molar-refractivity contribution in [1.82, 2.24) is 4.90 Å². The van der Waals surface area contributed by atoms with E-state index >= 15 is 0 Å². The van der Waals surface area contributed by atoms with Gasteiger partial charge in [-0.25, -0.2) is 0 Å². The highest BCUT2D eigenvalue weighted by atomic mass is 35.5. The van der Waals surface area contributed by atoms with Crippen LogP contribution in [0.2, 0.25) is 0 Å². The van der Waals surface area contributed by atoms with E-state index in [4.69, 9.17) is 9.84 Å². The minimum atomic E-state index is -0.844. The lowest BCUT2D eigenvalue weighted by Gasteiger charge is -2.22. The van der Waals surface area contributed by atoms with Gasteiger partial charge in [0.25, 0.3) is 5.91 Å². The van der Waals surface area contributed by atoms with Gasteiger partial charge in [0.05, 0.1) is 5.92 Å². The van der Waals surface area contributed by atoms with Crippen molar-refractivity contribution in [1.29, 1.82) is 0 Å². The van der Waals surface area contributed by atoms with Crippen LogP contribution >= 0.6 is 12.4 Å². The van der Waals surface area contributed by atoms with Crippen molar-refractivity contribution in [2.24, 2.45) is 5.92 Å². The van der Waals surface area contributed by atoms with E-state index in [2.05, 4.69) is 0 Å². The monoisotopic (exact) mass is 299 g/mol. The molecule has 1 aliphatic rings. The average molecular weight is 300 g/mol. The molecule has 6 heteroatoms. The molecule has 1 heterocycles. The van der Waals surface area contributed by atoms with Gasteiger partial charge in [-0.15, -0.1) is 12.4 Å². The normalized spacial score (nSPS) is 19.2. The van der Waals surface area contributed by atoms with E-state index in [1.165, 1.54) is 7.11 Å². The van der Waals surface area contributed by atoms with E-state index in [9.17, 15) is 9.59 Å². The minimum Gasteiger partial charge on any atom is -0.481 e. The van der Waals surface area contributed by atoms with Crippen molar-refractivity contribution in [2.75, 3.05) is 20.2 Å². The van der Waals surface area contributed by atoms with E-state index < -0.39 is 18.0 Å². The first-order chi connectivity index (χ1) is 9.13. The molecule has 5 nitrogen and oxygen atoms in total. The van der Waals surface area contributed by atoms with E-state index in [1.54, 1.807) is 4.90 Å². The maximum Gasteiger partial charge on any atom is 0.308 e. The molecule has 1 fully saturated rings. The van der Waals surface area contributed by atoms with Gasteiger partial charge in [0.2, 0.25) is 0 Å². The Bertz CT molecular complexity index is 466. The number of carboxylic acid groups (broad SMARTS) is 1. The molecule has 1 saturated heterocycles. The molecule has 2 rings (SSSR count). The summed E-state index contributed by atoms with van der Waals surface area (Å²) in [5.41, 5.74) is 0.786. The number of hydrogen-bond acceptors (Lipinski definition) is 3. The highest BCUT2D eigenvalue weighted by Crippen LogP contribution is 2.24. The molecule has 0 spiro atoms. The number of benzene rings is 1. The smallest absolute Gasteiger partial charge is 0.308 e. The number of carboxylic acids is 1. The number of methoxy groups -OCH3 is 1. The number of rotatable bonds is 4. The number of nitrogens with zero attached hydrogens (tertiary/aromatic N) is 1. The molecular formula is C14H18ClNO4. The van der Waals surface area contributed by atoms with Crippen LogP contribution in [-0.4, -0.2) is 42.1 Å². The summed E-state index contributed by atoms with van der Waals surface area (Å²) in [5.74, 6) is -1.47. The fourth-order valence-corrected chi connectivity index (χ4v) is 2.34. The maximum absolute atomic E-state index is 12.4. The van der Waals surface area contributed by atoms with Gasteiger partial charge in [-0.3, -0.25) is 9.59 Å². The van der Waals surface area contributed by atoms with Crippen LogP contribution in [0.25, 0.3) is 0 Å². The summed E-state index contributed by atoms with van der Waals surface area (Å²) >= 11 is 0. The van der Waals surface area contributed by atoms with E-state index in [-0.39, 0.29) is 24.9 Å². The van der Waals surface area contributed by atoms with Crippen LogP contribution in [0.1, 0.15) is 18.1 Å². The van der Waals surface area contributed by atoms with Gasteiger partial charge in [-0.2, -0.15) is 0 Å². The second-order valence-corrected chi connectivity index (χ2v) is 4.63. The van der Waals surface area contributed by atoms with Crippen LogP contribution in [0.15, 0.2) is 30.3 Å². The lowest BCUT2D eigenvalue weighted by atomic mass is 10.1. The largest absolute Gasteiger partial charge is 0.481 e. The quantitative estimate of drug-likeness (QED) is 0.919. The molecule has 1 N–H and O–H groups in total. The molecule has 110 valence electrons. The first-order valence-electron chi connectivity index (χ1n) is 6.23. The van der Waals surface area contributed by atoms with Crippen LogP contribution in [0.3, 0.4) is 0 Å². The lowest BCUT2D eigenvalue weighted by Crippen LogP contribution is -2.34. The molecule has 0 saturated carbocycles. The molecule has 2 atom stereocenters. The summed E-state index contributed by atoms with van der Waals surface area (Å²) < 4.78 is 5.27. The second-order valence-electron chi connectivity index (χ2n) is 4.63. The van der Waals surface area contributed by atoms with E-state index in [0.29, 0.717) is 13.0 Å². The van der Waals surface area contributed by atoms with Crippen LogP contribution in [0.5, 0.6) is 0 Å². The molecule has 1 aromatic rings. The number of aliphatic carboxylic acids is 1. The zero-order chi connectivity index (χ0) is 13.8. The predicted molar refractivity (Wildman–Crippen MR) is 75.8 cm³/mol. The summed E-state index contributed by atoms with van der Waals surface area (Å²) in [6.45, 7) is 0.739. The topological polar surface area (TPSA) is 66.8 Å². The molecule has 0 aromatic heterocycles. The van der Waals surface area contributed by atoms with Gasteiger partial charge < -0.3 is 14.7 Å². The molecular weight excluding hydrogens is 282 g/mol. The highest BCUT2D eigenvalue weighted by Gasteiger charge is 2.34. The Morgan fingerprint density at radius 3 is 2.50 bits per heavy atom. The van der Waals surface area contributed by atoms with Gasteiger partial charge in [-0.1, -0.05) is 30.3 Å². The third kappa shape index (κ3) is 3.49. The minimum absolute atomic E-state index is 0. The van der Waals surface area contributed by atoms with Crippen molar-refractivity contribution >= 4 is 24.3 Å². The van der Waals surface area contributed by atoms with Crippen molar-refractivity contribution in [2.45, 2.75) is 12.5 Å². The van der Waals surface area contributed by atoms with Crippen molar-refractivity contribution in [3.05, 3.63) is 35.9 Å². The summed E-state index contributed by atoms with van der Waals surface area (Å²) in [6.07, 6.45) is -0.152. The average Bonchev–Trinajstić information content (AvgIpc) is 2.90. The number of hydrogen-bond donors (Lipinski definition) is 1. The molecule has 0 radical (unpaired) electrons. The number of halogens is 1. The molecule has 1 aromatic carbocycles. The Hall–Kier alpha value is -1.59. The molecule has 1 amide bonds. The van der Waals surface area contributed by atoms with Gasteiger partial charge in [0, 0.05) is 20.2 Å². The number of amides is 1. The predicted octanol–water partition coefficient (Wildman–Crippen LogP) is 1.73. The number of carbonyl (C=O) groups is 2. The Morgan fingerprint density at radius 2 is 2.00 bits per heavy atom. The lowest BCUT2D eigenvalue weighted by molar-refractivity contribution is -0.143. The van der Waals surface area contributed by atoms with E-state index in [1.807, 2.05) is 30.3 Å². The highest BCUT2D eigenvalue weighted by molar-refractivity contribution is 5.85. The summed E-state index contributed by atoms with van der Waals surface area (Å²) in [7, 11) is 1.49. The first-order valence-corrected chi connectivity index (χ1v) is 6.23. The zero-order valence-corrected chi connectivity index (χ0v) is 12.0. The fraction of sp³-hybridized carbons (Fsp3) is 0.429. The number of carbonyl (C=O) groups excluding carboxylic acids is 1. The van der Waals surface area contributed by atoms with Crippen molar-refractivity contribution in [3.63, 3.8) is 0 Å². The van der Waals surface area contributed by atoms with Gasteiger partial charge >= 0.3 is 5.97 Å². The summed E-state index contributed by atoms with van der Waals surface area (Å²) in [6, 6.07) is 9.22. The summed E-state index contributed by atoms with van der Waals surface area (Å²) in [5, 5.41) is 8.96. The molecule has 1 aliphatic heterocycles. The Morgan fingerprint density at radius 1 is 1.35 bits per heavy atom. The molecule has 0 bridgehead atoms. The van der Waals surface area contributed by atoms with Crippen LogP contribution in [-0.2, 0) is 14.3 Å². The standard InChI is InChI=1S/C14H17NO4.ClH/c1-19-12(10-5-3-2-4-6-10)13(16)15-8-7-11(9-15)14(17)18;/h2-6,11-12H,7-9H2,1H3,(H,17,18);1H. The first kappa shape index (κ1) is 16.5. The molecule has 0 aliphatic carbocycles. The van der Waals surface area contributed by atoms with Crippen molar-refractivity contribution in [3.8, 4) is 0 Å². The van der Waals surface area contributed by atoms with Crippen LogP contribution in [0, 0.1) is 5.92 Å². The molecule has 20 heavy (non-hydrogen) atoms. The molecule has 2 unspecified atom stereocenters. The SMILES string of the molecule is COC(C(=O)N1CCC(C(=O)O)C1)c1ccccc1.Cl. The second kappa shape index (κ2) is 7.26. The van der Waals surface area contributed by atoms with Crippen LogP contribution in [0.4, 0.5) is 0 Å². The maximum atomic E-state index is 12.4.